The van der Waals surface area contributed by atoms with E-state index in [1.54, 1.807) is 0 Å². The van der Waals surface area contributed by atoms with Gasteiger partial charge in [-0.3, -0.25) is 14.9 Å². The minimum atomic E-state index is -0.366. The number of nitrogens with one attached hydrogen (secondary N) is 3. The van der Waals surface area contributed by atoms with Gasteiger partial charge >= 0.3 is 12.0 Å². The van der Waals surface area contributed by atoms with Crippen LogP contribution in [0, 0.1) is 23.7 Å². The molecule has 4 saturated carbocycles. The molecule has 29 heavy (non-hydrogen) atoms. The van der Waals surface area contributed by atoms with E-state index in [0.29, 0.717) is 13.2 Å². The van der Waals surface area contributed by atoms with Gasteiger partial charge in [0.05, 0.1) is 19.7 Å². The Bertz CT molecular complexity index is 629. The molecule has 3 atom stereocenters. The Balaban J connectivity index is 1.29. The highest BCUT2D eigenvalue weighted by atomic mass is 16.5. The number of carbonyl (C=O) groups excluding carboxylic acids is 3. The lowest BCUT2D eigenvalue weighted by molar-refractivity contribution is -0.921. The number of hydrogen-bond donors (Lipinski definition) is 3. The van der Waals surface area contributed by atoms with E-state index in [1.165, 1.54) is 19.3 Å². The Labute approximate surface area is 173 Å². The minimum Gasteiger partial charge on any atom is -0.466 e. The monoisotopic (exact) mass is 406 g/mol. The van der Waals surface area contributed by atoms with Gasteiger partial charge in [0.2, 0.25) is 0 Å². The first-order chi connectivity index (χ1) is 13.9. The Hall–Kier alpha value is -1.63. The van der Waals surface area contributed by atoms with Crippen molar-refractivity contribution in [3.8, 4) is 0 Å². The summed E-state index contributed by atoms with van der Waals surface area (Å²) in [6.45, 7) is 5.45. The fourth-order valence-electron chi connectivity index (χ4n) is 6.89. The molecule has 1 aliphatic heterocycles. The number of ether oxygens (including phenoxy) is 1. The van der Waals surface area contributed by atoms with Gasteiger partial charge in [-0.1, -0.05) is 0 Å². The standard InChI is InChI=1S/C22H35N3O4/c1-3-29-20(27)18-5-4-6-25(13-18)14(2)19(26)23-21(28)24-22-10-15-7-16(11-22)9-17(8-15)12-22/h14-18H,3-13H2,1-2H3,(H2,23,24,26,28)/p+1/t14-,15?,16?,17?,18+,22?/m0/s1. The second-order valence-electron chi connectivity index (χ2n) is 10.1. The predicted molar refractivity (Wildman–Crippen MR) is 107 cm³/mol. The number of urea groups is 1. The van der Waals surface area contributed by atoms with E-state index < -0.39 is 0 Å². The number of rotatable bonds is 5. The van der Waals surface area contributed by atoms with Crippen LogP contribution in [0.5, 0.6) is 0 Å². The van der Waals surface area contributed by atoms with Crippen LogP contribution in [-0.2, 0) is 14.3 Å². The topological polar surface area (TPSA) is 88.9 Å². The van der Waals surface area contributed by atoms with Crippen LogP contribution in [0.2, 0.25) is 0 Å². The molecule has 5 aliphatic rings. The smallest absolute Gasteiger partial charge is 0.322 e. The lowest BCUT2D eigenvalue weighted by Gasteiger charge is -2.56. The first kappa shape index (κ1) is 20.6. The van der Waals surface area contributed by atoms with E-state index >= 15 is 0 Å². The Morgan fingerprint density at radius 1 is 1.10 bits per heavy atom. The van der Waals surface area contributed by atoms with Gasteiger partial charge in [-0.25, -0.2) is 4.79 Å². The van der Waals surface area contributed by atoms with E-state index in [0.717, 1.165) is 61.3 Å². The number of quaternary nitrogens is 1. The van der Waals surface area contributed by atoms with Crippen LogP contribution in [0.3, 0.4) is 0 Å². The maximum absolute atomic E-state index is 12.7. The van der Waals surface area contributed by atoms with Crippen LogP contribution in [-0.4, -0.2) is 49.2 Å². The Kier molecular flexibility index (Phi) is 5.87. The highest BCUT2D eigenvalue weighted by Crippen LogP contribution is 2.55. The molecule has 1 heterocycles. The van der Waals surface area contributed by atoms with Crippen molar-refractivity contribution < 1.29 is 24.0 Å². The SMILES string of the molecule is CCOC(=O)[C@@H]1CCC[NH+]([C@@H](C)C(=O)NC(=O)NC23CC4CC(CC(C4)C2)C3)C1. The fraction of sp³-hybridized carbons (Fsp3) is 0.864. The van der Waals surface area contributed by atoms with Crippen molar-refractivity contribution >= 4 is 17.9 Å². The predicted octanol–water partition coefficient (Wildman–Crippen LogP) is 1.03. The molecule has 0 radical (unpaired) electrons. The lowest BCUT2D eigenvalue weighted by atomic mass is 9.53. The number of esters is 1. The van der Waals surface area contributed by atoms with Crippen LogP contribution in [0.15, 0.2) is 0 Å². The Morgan fingerprint density at radius 2 is 1.72 bits per heavy atom. The van der Waals surface area contributed by atoms with E-state index in [1.807, 2.05) is 13.8 Å². The number of imide groups is 1. The molecule has 1 unspecified atom stereocenters. The maximum Gasteiger partial charge on any atom is 0.322 e. The van der Waals surface area contributed by atoms with Crippen LogP contribution in [0.25, 0.3) is 0 Å². The number of carbonyl (C=O) groups is 3. The average Bonchev–Trinajstić information content (AvgIpc) is 2.66. The quantitative estimate of drug-likeness (QED) is 0.595. The van der Waals surface area contributed by atoms with Gasteiger partial charge in [0.15, 0.2) is 6.04 Å². The summed E-state index contributed by atoms with van der Waals surface area (Å²) in [7, 11) is 0. The largest absolute Gasteiger partial charge is 0.466 e. The molecule has 4 bridgehead atoms. The summed E-state index contributed by atoms with van der Waals surface area (Å²) >= 11 is 0. The van der Waals surface area contributed by atoms with E-state index in [-0.39, 0.29) is 35.4 Å². The third kappa shape index (κ3) is 4.44. The highest BCUT2D eigenvalue weighted by molar-refractivity contribution is 5.96. The molecule has 162 valence electrons. The van der Waals surface area contributed by atoms with E-state index in [9.17, 15) is 14.4 Å². The number of piperidine rings is 1. The summed E-state index contributed by atoms with van der Waals surface area (Å²) in [6, 6.07) is -0.712. The second-order valence-corrected chi connectivity index (χ2v) is 10.1. The van der Waals surface area contributed by atoms with Crippen LogP contribution < -0.4 is 15.5 Å². The number of likely N-dealkylation sites (tertiary alicyclic amines) is 1. The van der Waals surface area contributed by atoms with Gasteiger partial charge in [0.25, 0.3) is 5.91 Å². The minimum absolute atomic E-state index is 0.102. The van der Waals surface area contributed by atoms with Gasteiger partial charge < -0.3 is 15.0 Å². The van der Waals surface area contributed by atoms with Gasteiger partial charge in [0, 0.05) is 5.54 Å². The Morgan fingerprint density at radius 3 is 2.31 bits per heavy atom. The highest BCUT2D eigenvalue weighted by Gasteiger charge is 2.51. The third-order valence-electron chi connectivity index (χ3n) is 7.84. The van der Waals surface area contributed by atoms with E-state index in [2.05, 4.69) is 10.6 Å². The molecule has 0 aromatic heterocycles. The molecule has 1 saturated heterocycles. The zero-order valence-electron chi connectivity index (χ0n) is 17.8. The van der Waals surface area contributed by atoms with Gasteiger partial charge in [-0.15, -0.1) is 0 Å². The van der Waals surface area contributed by atoms with Crippen molar-refractivity contribution in [2.75, 3.05) is 19.7 Å². The van der Waals surface area contributed by atoms with Gasteiger partial charge in [-0.05, 0) is 83.0 Å². The van der Waals surface area contributed by atoms with Crippen molar-refractivity contribution in [3.63, 3.8) is 0 Å². The maximum atomic E-state index is 12.7. The molecule has 5 fully saturated rings. The summed E-state index contributed by atoms with van der Waals surface area (Å²) in [5.74, 6) is 1.65. The second kappa shape index (κ2) is 8.25. The molecule has 3 N–H and O–H groups in total. The molecule has 5 rings (SSSR count). The lowest BCUT2D eigenvalue weighted by Crippen LogP contribution is -3.18. The van der Waals surface area contributed by atoms with Crippen LogP contribution in [0.4, 0.5) is 4.79 Å². The van der Waals surface area contributed by atoms with Crippen LogP contribution >= 0.6 is 0 Å². The third-order valence-corrected chi connectivity index (χ3v) is 7.84. The molecule has 0 spiro atoms. The van der Waals surface area contributed by atoms with Crippen molar-refractivity contribution in [1.82, 2.24) is 10.6 Å². The molecular formula is C22H36N3O4+. The summed E-state index contributed by atoms with van der Waals surface area (Å²) in [4.78, 5) is 38.5. The van der Waals surface area contributed by atoms with E-state index in [4.69, 9.17) is 4.74 Å². The number of hydrogen-bond acceptors (Lipinski definition) is 4. The molecule has 3 amide bonds. The van der Waals surface area contributed by atoms with Crippen molar-refractivity contribution in [1.29, 1.82) is 0 Å². The first-order valence-electron chi connectivity index (χ1n) is 11.5. The summed E-state index contributed by atoms with van der Waals surface area (Å²) in [5.41, 5.74) is -0.102. The number of amides is 3. The molecule has 7 nitrogen and oxygen atoms in total. The van der Waals surface area contributed by atoms with Gasteiger partial charge in [0.1, 0.15) is 5.92 Å². The molecular weight excluding hydrogens is 370 g/mol. The zero-order chi connectivity index (χ0) is 20.6. The molecule has 4 aliphatic carbocycles. The summed E-state index contributed by atoms with van der Waals surface area (Å²) in [6.07, 6.45) is 8.84. The van der Waals surface area contributed by atoms with Crippen molar-refractivity contribution in [2.45, 2.75) is 76.8 Å². The first-order valence-corrected chi connectivity index (χ1v) is 11.5. The fourth-order valence-corrected chi connectivity index (χ4v) is 6.89. The van der Waals surface area contributed by atoms with Crippen molar-refractivity contribution in [2.24, 2.45) is 23.7 Å². The van der Waals surface area contributed by atoms with Crippen LogP contribution in [0.1, 0.15) is 65.2 Å². The van der Waals surface area contributed by atoms with Crippen molar-refractivity contribution in [3.05, 3.63) is 0 Å². The zero-order valence-corrected chi connectivity index (χ0v) is 17.8. The average molecular weight is 407 g/mol. The molecule has 0 aromatic rings. The molecule has 0 aromatic carbocycles. The summed E-state index contributed by atoms with van der Waals surface area (Å²) < 4.78 is 5.15. The normalized spacial score (nSPS) is 38.9. The summed E-state index contributed by atoms with van der Waals surface area (Å²) in [5, 5.41) is 5.80. The van der Waals surface area contributed by atoms with Gasteiger partial charge in [-0.2, -0.15) is 0 Å². The molecule has 7 heteroatoms.